The molecule has 1 aromatic heterocycles. The van der Waals surface area contributed by atoms with Gasteiger partial charge in [-0.3, -0.25) is 9.59 Å². The third kappa shape index (κ3) is 3.82. The fraction of sp³-hybridized carbons (Fsp3) is 0.533. The second-order valence-corrected chi connectivity index (χ2v) is 6.91. The number of hydrogen-bond donors (Lipinski definition) is 4. The van der Waals surface area contributed by atoms with E-state index < -0.39 is 18.0 Å². The second kappa shape index (κ2) is 6.86. The number of carbonyl (C=O) groups is 2. The summed E-state index contributed by atoms with van der Waals surface area (Å²) in [5, 5.41) is 25.1. The Hall–Kier alpha value is -1.64. The number of fused-ring (bicyclic) bond motifs is 1. The van der Waals surface area contributed by atoms with Crippen molar-refractivity contribution in [3.05, 3.63) is 17.8 Å². The number of hydrogen-bond acceptors (Lipinski definition) is 6. The minimum absolute atomic E-state index is 0.0532. The predicted octanol–water partition coefficient (Wildman–Crippen LogP) is 0.830. The number of nitrogens with one attached hydrogen (secondary N) is 2. The molecular formula is C15H19N3O4S. The van der Waals surface area contributed by atoms with Crippen LogP contribution in [0.25, 0.3) is 0 Å². The number of anilines is 1. The Kier molecular flexibility index (Phi) is 4.84. The Labute approximate surface area is 137 Å². The van der Waals surface area contributed by atoms with E-state index in [4.69, 9.17) is 5.11 Å². The summed E-state index contributed by atoms with van der Waals surface area (Å²) >= 11 is 1.46. The highest BCUT2D eigenvalue weighted by Gasteiger charge is 2.32. The predicted molar refractivity (Wildman–Crippen MR) is 85.2 cm³/mol. The van der Waals surface area contributed by atoms with Crippen LogP contribution in [-0.2, 0) is 16.1 Å². The summed E-state index contributed by atoms with van der Waals surface area (Å²) in [5.74, 6) is -0.363. The smallest absolute Gasteiger partial charge is 0.306 e. The van der Waals surface area contributed by atoms with Crippen molar-refractivity contribution in [3.63, 3.8) is 0 Å². The number of rotatable bonds is 4. The normalized spacial score (nSPS) is 27.2. The van der Waals surface area contributed by atoms with Gasteiger partial charge in [0, 0.05) is 12.6 Å². The van der Waals surface area contributed by atoms with Gasteiger partial charge in [0.25, 0.3) is 0 Å². The van der Waals surface area contributed by atoms with Crippen LogP contribution in [0.15, 0.2) is 17.0 Å². The van der Waals surface area contributed by atoms with Gasteiger partial charge in [0.1, 0.15) is 5.82 Å². The van der Waals surface area contributed by atoms with E-state index in [-0.39, 0.29) is 18.4 Å². The minimum Gasteiger partial charge on any atom is -0.481 e. The fourth-order valence-corrected chi connectivity index (χ4v) is 3.70. The van der Waals surface area contributed by atoms with Gasteiger partial charge in [-0.2, -0.15) is 0 Å². The van der Waals surface area contributed by atoms with Gasteiger partial charge < -0.3 is 20.8 Å². The first-order chi connectivity index (χ1) is 11.0. The first-order valence-electron chi connectivity index (χ1n) is 7.60. The zero-order valence-electron chi connectivity index (χ0n) is 12.5. The molecule has 2 heterocycles. The number of carbonyl (C=O) groups excluding carboxylic acids is 1. The Morgan fingerprint density at radius 3 is 3.00 bits per heavy atom. The molecule has 1 aromatic rings. The van der Waals surface area contributed by atoms with Crippen LogP contribution in [-0.4, -0.2) is 45.0 Å². The van der Waals surface area contributed by atoms with Crippen molar-refractivity contribution >= 4 is 29.5 Å². The quantitative estimate of drug-likeness (QED) is 0.644. The van der Waals surface area contributed by atoms with Gasteiger partial charge in [0.2, 0.25) is 5.91 Å². The number of aromatic nitrogens is 1. The average molecular weight is 337 g/mol. The lowest BCUT2D eigenvalue weighted by molar-refractivity contribution is -0.144. The molecule has 0 saturated heterocycles. The monoisotopic (exact) mass is 337 g/mol. The molecule has 0 spiro atoms. The van der Waals surface area contributed by atoms with Crippen molar-refractivity contribution in [1.82, 2.24) is 10.3 Å². The van der Waals surface area contributed by atoms with Crippen LogP contribution in [0.1, 0.15) is 25.0 Å². The standard InChI is InChI=1S/C15H19N3O4S/c19-11-5-8(15(21)22)1-3-10(11)16-6-9-2-4-12-14(17-9)18-13(20)7-23-12/h2,4,8,10-11,16,19H,1,3,5-7H2,(H,21,22)(H,17,18,20)/t8-,10-,11-/m1/s1. The molecule has 124 valence electrons. The molecule has 1 aliphatic carbocycles. The van der Waals surface area contributed by atoms with Crippen molar-refractivity contribution in [2.75, 3.05) is 11.1 Å². The molecule has 8 heteroatoms. The molecule has 23 heavy (non-hydrogen) atoms. The highest BCUT2D eigenvalue weighted by Crippen LogP contribution is 2.30. The lowest BCUT2D eigenvalue weighted by Gasteiger charge is -2.31. The van der Waals surface area contributed by atoms with Gasteiger partial charge in [-0.05, 0) is 31.4 Å². The van der Waals surface area contributed by atoms with Crippen molar-refractivity contribution < 1.29 is 19.8 Å². The molecule has 1 amide bonds. The molecule has 4 N–H and O–H groups in total. The van der Waals surface area contributed by atoms with E-state index in [0.717, 1.165) is 10.6 Å². The molecule has 0 radical (unpaired) electrons. The van der Waals surface area contributed by atoms with Crippen molar-refractivity contribution in [2.45, 2.75) is 42.8 Å². The molecule has 2 aliphatic rings. The third-order valence-corrected chi connectivity index (χ3v) is 5.29. The summed E-state index contributed by atoms with van der Waals surface area (Å²) in [6, 6.07) is 3.69. The molecule has 1 aliphatic heterocycles. The largest absolute Gasteiger partial charge is 0.481 e. The number of pyridine rings is 1. The Bertz CT molecular complexity index is 625. The molecule has 0 aromatic carbocycles. The summed E-state index contributed by atoms with van der Waals surface area (Å²) in [7, 11) is 0. The Morgan fingerprint density at radius 1 is 1.43 bits per heavy atom. The third-order valence-electron chi connectivity index (χ3n) is 4.24. The topological polar surface area (TPSA) is 112 Å². The molecule has 0 bridgehead atoms. The maximum absolute atomic E-state index is 11.4. The highest BCUT2D eigenvalue weighted by atomic mass is 32.2. The summed E-state index contributed by atoms with van der Waals surface area (Å²) in [4.78, 5) is 27.8. The minimum atomic E-state index is -0.841. The number of thioether (sulfide) groups is 1. The maximum Gasteiger partial charge on any atom is 0.306 e. The van der Waals surface area contributed by atoms with E-state index in [1.165, 1.54) is 11.8 Å². The first kappa shape index (κ1) is 16.2. The van der Waals surface area contributed by atoms with Crippen LogP contribution in [0, 0.1) is 5.92 Å². The zero-order valence-corrected chi connectivity index (χ0v) is 13.3. The zero-order chi connectivity index (χ0) is 16.4. The van der Waals surface area contributed by atoms with Crippen LogP contribution >= 0.6 is 11.8 Å². The van der Waals surface area contributed by atoms with Gasteiger partial charge in [0.05, 0.1) is 28.4 Å². The molecule has 3 atom stereocenters. The maximum atomic E-state index is 11.4. The van der Waals surface area contributed by atoms with Gasteiger partial charge in [-0.15, -0.1) is 11.8 Å². The number of aliphatic hydroxyl groups excluding tert-OH is 1. The van der Waals surface area contributed by atoms with Crippen LogP contribution in [0.4, 0.5) is 5.82 Å². The van der Waals surface area contributed by atoms with E-state index >= 15 is 0 Å². The molecular weight excluding hydrogens is 318 g/mol. The van der Waals surface area contributed by atoms with Crippen LogP contribution < -0.4 is 10.6 Å². The molecule has 1 fully saturated rings. The number of amides is 1. The number of carboxylic acids is 1. The molecule has 0 unspecified atom stereocenters. The number of aliphatic hydroxyl groups is 1. The number of aliphatic carboxylic acids is 1. The van der Waals surface area contributed by atoms with Crippen LogP contribution in [0.3, 0.4) is 0 Å². The van der Waals surface area contributed by atoms with Gasteiger partial charge in [-0.1, -0.05) is 0 Å². The summed E-state index contributed by atoms with van der Waals surface area (Å²) in [6.45, 7) is 0.466. The molecule has 7 nitrogen and oxygen atoms in total. The van der Waals surface area contributed by atoms with Crippen molar-refractivity contribution in [3.8, 4) is 0 Å². The van der Waals surface area contributed by atoms with Crippen LogP contribution in [0.5, 0.6) is 0 Å². The SMILES string of the molecule is O=C1CSc2ccc(CN[C@@H]3CC[C@@H](C(=O)O)C[C@H]3O)nc2N1. The van der Waals surface area contributed by atoms with Gasteiger partial charge >= 0.3 is 5.97 Å². The Morgan fingerprint density at radius 2 is 2.26 bits per heavy atom. The average Bonchev–Trinajstić information content (AvgIpc) is 2.53. The van der Waals surface area contributed by atoms with E-state index in [1.807, 2.05) is 12.1 Å². The Balaban J connectivity index is 1.58. The van der Waals surface area contributed by atoms with E-state index in [0.29, 0.717) is 31.0 Å². The lowest BCUT2D eigenvalue weighted by Crippen LogP contribution is -2.45. The summed E-state index contributed by atoms with van der Waals surface area (Å²) < 4.78 is 0. The highest BCUT2D eigenvalue weighted by molar-refractivity contribution is 8.00. The lowest BCUT2D eigenvalue weighted by atomic mass is 9.84. The number of carboxylic acid groups (broad SMARTS) is 1. The van der Waals surface area contributed by atoms with Gasteiger partial charge in [0.15, 0.2) is 0 Å². The van der Waals surface area contributed by atoms with Crippen molar-refractivity contribution in [1.29, 1.82) is 0 Å². The molecule has 3 rings (SSSR count). The number of nitrogens with zero attached hydrogens (tertiary/aromatic N) is 1. The first-order valence-corrected chi connectivity index (χ1v) is 8.58. The van der Waals surface area contributed by atoms with Crippen molar-refractivity contribution in [2.24, 2.45) is 5.92 Å². The summed E-state index contributed by atoms with van der Waals surface area (Å²) in [5.41, 5.74) is 0.777. The second-order valence-electron chi connectivity index (χ2n) is 5.89. The van der Waals surface area contributed by atoms with E-state index in [2.05, 4.69) is 15.6 Å². The van der Waals surface area contributed by atoms with E-state index in [1.54, 1.807) is 0 Å². The fourth-order valence-electron chi connectivity index (χ4n) is 2.95. The summed E-state index contributed by atoms with van der Waals surface area (Å²) in [6.07, 6.45) is 0.791. The van der Waals surface area contributed by atoms with Gasteiger partial charge in [-0.25, -0.2) is 4.98 Å². The van der Waals surface area contributed by atoms with Crippen LogP contribution in [0.2, 0.25) is 0 Å². The van der Waals surface area contributed by atoms with E-state index in [9.17, 15) is 14.7 Å². The molecule has 1 saturated carbocycles.